The van der Waals surface area contributed by atoms with Crippen molar-refractivity contribution in [2.75, 3.05) is 20.3 Å². The third kappa shape index (κ3) is 2.20. The van der Waals surface area contributed by atoms with Crippen LogP contribution >= 0.6 is 0 Å². The normalized spacial score (nSPS) is 32.5. The van der Waals surface area contributed by atoms with E-state index < -0.39 is 5.79 Å². The van der Waals surface area contributed by atoms with Gasteiger partial charge in [-0.3, -0.25) is 0 Å². The lowest BCUT2D eigenvalue weighted by molar-refractivity contribution is -0.319. The zero-order valence-electron chi connectivity index (χ0n) is 14.8. The van der Waals surface area contributed by atoms with E-state index in [1.54, 1.807) is 7.11 Å². The van der Waals surface area contributed by atoms with E-state index in [4.69, 9.17) is 18.9 Å². The minimum atomic E-state index is -0.526. The van der Waals surface area contributed by atoms with E-state index in [0.29, 0.717) is 6.42 Å². The minimum Gasteiger partial charge on any atom is -0.493 e. The van der Waals surface area contributed by atoms with E-state index in [1.165, 1.54) is 5.56 Å². The highest BCUT2D eigenvalue weighted by atomic mass is 16.7. The number of benzene rings is 1. The van der Waals surface area contributed by atoms with Crippen molar-refractivity contribution in [1.29, 1.82) is 0 Å². The molecule has 0 radical (unpaired) electrons. The highest BCUT2D eigenvalue weighted by Gasteiger charge is 2.57. The van der Waals surface area contributed by atoms with Gasteiger partial charge >= 0.3 is 0 Å². The molecule has 24 heavy (non-hydrogen) atoms. The Labute approximate surface area is 143 Å². The van der Waals surface area contributed by atoms with Crippen LogP contribution in [0.3, 0.4) is 0 Å². The number of fused-ring (bicyclic) bond motifs is 3. The maximum absolute atomic E-state index is 6.35. The Kier molecular flexibility index (Phi) is 3.49. The summed E-state index contributed by atoms with van der Waals surface area (Å²) in [5.74, 6) is 1.10. The summed E-state index contributed by atoms with van der Waals surface area (Å²) in [5.41, 5.74) is 1.06. The van der Waals surface area contributed by atoms with Crippen LogP contribution in [-0.4, -0.2) is 32.2 Å². The molecule has 1 aromatic rings. The Hall–Kier alpha value is -1.52. The van der Waals surface area contributed by atoms with Crippen LogP contribution in [0.2, 0.25) is 0 Å². The van der Waals surface area contributed by atoms with Gasteiger partial charge in [0.2, 0.25) is 0 Å². The predicted molar refractivity (Wildman–Crippen MR) is 91.6 cm³/mol. The van der Waals surface area contributed by atoms with Crippen molar-refractivity contribution in [2.24, 2.45) is 5.41 Å². The van der Waals surface area contributed by atoms with Crippen LogP contribution in [0.15, 0.2) is 30.9 Å². The molecule has 1 aliphatic carbocycles. The summed E-state index contributed by atoms with van der Waals surface area (Å²) >= 11 is 0. The summed E-state index contributed by atoms with van der Waals surface area (Å²) in [4.78, 5) is 0. The Morgan fingerprint density at radius 3 is 2.62 bits per heavy atom. The first-order valence-electron chi connectivity index (χ1n) is 8.69. The van der Waals surface area contributed by atoms with Crippen LogP contribution in [0, 0.1) is 5.41 Å². The SMILES string of the molecule is C=C[C@@]12CCC3(C[C@@H]1Oc1c(OC)cccc12)OCC(C)(C)CO3. The molecule has 2 atom stereocenters. The van der Waals surface area contributed by atoms with Crippen LogP contribution in [-0.2, 0) is 14.9 Å². The summed E-state index contributed by atoms with van der Waals surface area (Å²) < 4.78 is 24.3. The van der Waals surface area contributed by atoms with Crippen molar-refractivity contribution in [3.8, 4) is 11.5 Å². The third-order valence-corrected chi connectivity index (χ3v) is 5.77. The molecule has 130 valence electrons. The van der Waals surface area contributed by atoms with Gasteiger partial charge in [0, 0.05) is 23.8 Å². The molecule has 3 aliphatic rings. The van der Waals surface area contributed by atoms with Crippen molar-refractivity contribution in [2.45, 2.75) is 50.4 Å². The van der Waals surface area contributed by atoms with E-state index in [0.717, 1.165) is 37.6 Å². The van der Waals surface area contributed by atoms with Gasteiger partial charge < -0.3 is 18.9 Å². The summed E-state index contributed by atoms with van der Waals surface area (Å²) in [7, 11) is 1.68. The van der Waals surface area contributed by atoms with Gasteiger partial charge in [0.1, 0.15) is 6.10 Å². The fourth-order valence-electron chi connectivity index (χ4n) is 4.23. The summed E-state index contributed by atoms with van der Waals surface area (Å²) in [5, 5.41) is 0. The molecule has 1 saturated heterocycles. The quantitative estimate of drug-likeness (QED) is 0.772. The maximum atomic E-state index is 6.35. The van der Waals surface area contributed by atoms with Gasteiger partial charge in [-0.05, 0) is 12.5 Å². The number of rotatable bonds is 2. The lowest BCUT2D eigenvalue weighted by Gasteiger charge is -2.50. The highest BCUT2D eigenvalue weighted by molar-refractivity contribution is 5.56. The topological polar surface area (TPSA) is 36.9 Å². The van der Waals surface area contributed by atoms with Crippen LogP contribution in [0.5, 0.6) is 11.5 Å². The summed E-state index contributed by atoms with van der Waals surface area (Å²) in [6.45, 7) is 9.91. The molecule has 1 saturated carbocycles. The molecular formula is C20H26O4. The molecule has 0 aromatic heterocycles. The van der Waals surface area contributed by atoms with Crippen molar-refractivity contribution in [3.63, 3.8) is 0 Å². The molecule has 4 nitrogen and oxygen atoms in total. The van der Waals surface area contributed by atoms with Gasteiger partial charge in [-0.25, -0.2) is 0 Å². The first kappa shape index (κ1) is 16.0. The summed E-state index contributed by atoms with van der Waals surface area (Å²) in [6, 6.07) is 6.09. The molecule has 0 bridgehead atoms. The first-order valence-corrected chi connectivity index (χ1v) is 8.69. The second-order valence-corrected chi connectivity index (χ2v) is 8.04. The van der Waals surface area contributed by atoms with Crippen LogP contribution in [0.1, 0.15) is 38.7 Å². The number of hydrogen-bond acceptors (Lipinski definition) is 4. The fraction of sp³-hybridized carbons (Fsp3) is 0.600. The fourth-order valence-corrected chi connectivity index (χ4v) is 4.23. The molecule has 4 rings (SSSR count). The molecule has 1 aromatic carbocycles. The minimum absolute atomic E-state index is 0.0312. The molecule has 0 amide bonds. The van der Waals surface area contributed by atoms with Crippen LogP contribution in [0.4, 0.5) is 0 Å². The van der Waals surface area contributed by atoms with Crippen molar-refractivity contribution < 1.29 is 18.9 Å². The summed E-state index contributed by atoms with van der Waals surface area (Å²) in [6.07, 6.45) is 4.49. The van der Waals surface area contributed by atoms with E-state index in [2.05, 4.69) is 26.5 Å². The van der Waals surface area contributed by atoms with Crippen molar-refractivity contribution >= 4 is 0 Å². The van der Waals surface area contributed by atoms with Crippen LogP contribution in [0.25, 0.3) is 0 Å². The van der Waals surface area contributed by atoms with Crippen molar-refractivity contribution in [1.82, 2.24) is 0 Å². The first-order chi connectivity index (χ1) is 11.4. The van der Waals surface area contributed by atoms with E-state index >= 15 is 0 Å². The Morgan fingerprint density at radius 1 is 1.21 bits per heavy atom. The average molecular weight is 330 g/mol. The lowest BCUT2D eigenvalue weighted by Crippen LogP contribution is -2.56. The molecule has 1 spiro atoms. The Morgan fingerprint density at radius 2 is 1.96 bits per heavy atom. The van der Waals surface area contributed by atoms with Crippen molar-refractivity contribution in [3.05, 3.63) is 36.4 Å². The monoisotopic (exact) mass is 330 g/mol. The molecule has 0 unspecified atom stereocenters. The third-order valence-electron chi connectivity index (χ3n) is 5.77. The molecule has 0 N–H and O–H groups in total. The standard InChI is InChI=1S/C20H26O4/c1-5-19-9-10-20(22-12-18(2,3)13-23-20)11-16(19)24-17-14(19)7-6-8-15(17)21-4/h5-8,16H,1,9-13H2,2-4H3/t16-,19-/m0/s1. The second kappa shape index (κ2) is 5.24. The van der Waals surface area contributed by atoms with E-state index in [9.17, 15) is 0 Å². The number of ether oxygens (including phenoxy) is 4. The molecule has 2 fully saturated rings. The average Bonchev–Trinajstić information content (AvgIpc) is 2.91. The number of para-hydroxylation sites is 1. The largest absolute Gasteiger partial charge is 0.493 e. The van der Waals surface area contributed by atoms with Crippen LogP contribution < -0.4 is 9.47 Å². The van der Waals surface area contributed by atoms with Gasteiger partial charge in [-0.1, -0.05) is 32.1 Å². The smallest absolute Gasteiger partial charge is 0.171 e. The maximum Gasteiger partial charge on any atom is 0.171 e. The molecule has 2 aliphatic heterocycles. The zero-order valence-corrected chi connectivity index (χ0v) is 14.8. The Balaban J connectivity index is 1.66. The number of methoxy groups -OCH3 is 1. The van der Waals surface area contributed by atoms with Gasteiger partial charge in [-0.2, -0.15) is 0 Å². The zero-order chi connectivity index (χ0) is 17.0. The molecular weight excluding hydrogens is 304 g/mol. The second-order valence-electron chi connectivity index (χ2n) is 8.04. The van der Waals surface area contributed by atoms with E-state index in [1.807, 2.05) is 18.2 Å². The number of hydrogen-bond donors (Lipinski definition) is 0. The van der Waals surface area contributed by atoms with Gasteiger partial charge in [0.15, 0.2) is 17.3 Å². The lowest BCUT2D eigenvalue weighted by atomic mass is 9.66. The van der Waals surface area contributed by atoms with Gasteiger partial charge in [-0.15, -0.1) is 6.58 Å². The van der Waals surface area contributed by atoms with E-state index in [-0.39, 0.29) is 16.9 Å². The predicted octanol–water partition coefficient (Wildman–Crippen LogP) is 3.83. The Bertz CT molecular complexity index is 656. The molecule has 2 heterocycles. The molecule has 4 heteroatoms. The van der Waals surface area contributed by atoms with Gasteiger partial charge in [0.05, 0.1) is 25.7 Å². The highest BCUT2D eigenvalue weighted by Crippen LogP contribution is 2.57. The van der Waals surface area contributed by atoms with Gasteiger partial charge in [0.25, 0.3) is 0 Å².